The summed E-state index contributed by atoms with van der Waals surface area (Å²) in [6.45, 7) is 22.2. The van der Waals surface area contributed by atoms with Crippen LogP contribution in [0.2, 0.25) is 0 Å². The van der Waals surface area contributed by atoms with E-state index in [1.54, 1.807) is 6.92 Å². The topological polar surface area (TPSA) is 231 Å². The van der Waals surface area contributed by atoms with Crippen molar-refractivity contribution in [1.29, 1.82) is 0 Å². The Hall–Kier alpha value is -6.05. The van der Waals surface area contributed by atoms with Gasteiger partial charge in [-0.3, -0.25) is 4.79 Å². The van der Waals surface area contributed by atoms with E-state index in [0.717, 1.165) is 33.4 Å². The molecule has 8 aliphatic heterocycles. The van der Waals surface area contributed by atoms with Crippen molar-refractivity contribution in [1.82, 2.24) is 0 Å². The summed E-state index contributed by atoms with van der Waals surface area (Å²) < 4.78 is 146. The molecular weight excluding hydrogens is 1400 g/mol. The summed E-state index contributed by atoms with van der Waals surface area (Å²) >= 11 is 0. The van der Waals surface area contributed by atoms with Crippen LogP contribution < -0.4 is 0 Å². The first-order valence-corrected chi connectivity index (χ1v) is 38.6. The molecule has 0 amide bonds. The molecule has 6 aromatic carbocycles. The van der Waals surface area contributed by atoms with Crippen LogP contribution in [0, 0.1) is 23.7 Å². The van der Waals surface area contributed by atoms with Crippen molar-refractivity contribution in [3.63, 3.8) is 0 Å². The maximum Gasteiger partial charge on any atom is 0.303 e. The fraction of sp³-hybridized carbons (Fsp3) is 0.570. The fourth-order valence-electron chi connectivity index (χ4n) is 16.3. The van der Waals surface area contributed by atoms with Crippen LogP contribution in [-0.4, -0.2) is 184 Å². The minimum atomic E-state index is -1.67. The van der Waals surface area contributed by atoms with E-state index < -0.39 is 164 Å². The molecule has 23 heteroatoms. The first-order chi connectivity index (χ1) is 52.7. The van der Waals surface area contributed by atoms with Crippen molar-refractivity contribution in [3.8, 4) is 0 Å². The van der Waals surface area contributed by atoms with E-state index in [1.165, 1.54) is 6.92 Å². The Morgan fingerprint density at radius 1 is 0.459 bits per heavy atom. The maximum atomic E-state index is 13.2. The molecule has 0 aromatic heterocycles. The van der Waals surface area contributed by atoms with Gasteiger partial charge in [-0.2, -0.15) is 0 Å². The van der Waals surface area contributed by atoms with Gasteiger partial charge < -0.3 is 105 Å². The van der Waals surface area contributed by atoms with Crippen LogP contribution in [0.4, 0.5) is 0 Å². The lowest BCUT2D eigenvalue weighted by molar-refractivity contribution is -0.414. The molecule has 8 heterocycles. The molecule has 8 saturated heterocycles. The zero-order valence-corrected chi connectivity index (χ0v) is 64.1. The van der Waals surface area contributed by atoms with Gasteiger partial charge in [-0.05, 0) is 69.4 Å². The normalized spacial score (nSPS) is 38.5. The van der Waals surface area contributed by atoms with E-state index in [4.69, 9.17) is 99.5 Å². The molecule has 28 atom stereocenters. The highest BCUT2D eigenvalue weighted by atomic mass is 16.8. The zero-order chi connectivity index (χ0) is 76.0. The number of fused-ring (bicyclic) bond motifs is 2. The SMILES string of the molecule is CC(=O)O[C@H]1C(C)O[C@H](O)[C@H](O[C@@H]2OC(C)[C@H](O[C@@H]3OC[C@@H](C)C(O[C@@H]4OC[C@]5(COCc6ccccc6)O[C@@H](c6ccccc6)OC45)[C@H]3OCc3ccccc3)C(C)(O[C@@H]3OC(COCc4ccccc4)[C@@H](OCc4ccccc4)C(OCc4ccccc4)[C@H]3C)[C@@H]2C)C1O[C@@H]1OC(C)[C@H](C)[C@@H]2OC(C)(C)OC12. The molecule has 590 valence electrons. The molecule has 23 nitrogen and oxygen atoms in total. The third-order valence-corrected chi connectivity index (χ3v) is 22.5. The van der Waals surface area contributed by atoms with E-state index in [-0.39, 0.29) is 70.8 Å². The van der Waals surface area contributed by atoms with E-state index in [0.29, 0.717) is 6.61 Å². The minimum absolute atomic E-state index is 0.0819. The number of ether oxygens (including phenoxy) is 21. The zero-order valence-electron chi connectivity index (χ0n) is 64.1. The summed E-state index contributed by atoms with van der Waals surface area (Å²) in [5, 5.41) is 12.4. The van der Waals surface area contributed by atoms with Gasteiger partial charge in [0.25, 0.3) is 0 Å². The Morgan fingerprint density at radius 2 is 0.982 bits per heavy atom. The van der Waals surface area contributed by atoms with Gasteiger partial charge in [0.1, 0.15) is 60.0 Å². The summed E-state index contributed by atoms with van der Waals surface area (Å²) in [6.07, 6.45) is -20.8. The number of carbonyl (C=O) groups is 1. The summed E-state index contributed by atoms with van der Waals surface area (Å²) in [6, 6.07) is 59.6. The molecule has 109 heavy (non-hydrogen) atoms. The van der Waals surface area contributed by atoms with Crippen LogP contribution in [0.1, 0.15) is 116 Å². The number of aliphatic hydroxyl groups is 1. The van der Waals surface area contributed by atoms with Crippen LogP contribution in [0.15, 0.2) is 182 Å². The lowest BCUT2D eigenvalue weighted by Gasteiger charge is -2.56. The summed E-state index contributed by atoms with van der Waals surface area (Å²) in [5.41, 5.74) is 3.04. The molecular formula is C86H108O23. The average molecular weight is 1510 g/mol. The van der Waals surface area contributed by atoms with Gasteiger partial charge in [0.15, 0.2) is 55.9 Å². The van der Waals surface area contributed by atoms with E-state index >= 15 is 0 Å². The molecule has 1 N–H and O–H groups in total. The smallest absolute Gasteiger partial charge is 0.303 e. The first kappa shape index (κ1) is 79.6. The highest BCUT2D eigenvalue weighted by molar-refractivity contribution is 5.66. The maximum absolute atomic E-state index is 13.2. The average Bonchev–Trinajstić information content (AvgIpc) is 1.70. The van der Waals surface area contributed by atoms with E-state index in [9.17, 15) is 9.90 Å². The highest BCUT2D eigenvalue weighted by Gasteiger charge is 2.64. The molecule has 0 aliphatic carbocycles. The van der Waals surface area contributed by atoms with Gasteiger partial charge in [0, 0.05) is 36.2 Å². The molecule has 0 spiro atoms. The van der Waals surface area contributed by atoms with Crippen molar-refractivity contribution in [2.75, 3.05) is 26.4 Å². The van der Waals surface area contributed by atoms with Crippen molar-refractivity contribution in [2.24, 2.45) is 23.7 Å². The standard InChI is InChI=1S/C86H108O23/c1-51-42-94-81(73(93-47-63-38-26-16-27-39-63)66(51)101-83-76-86(50-95-83,49-90-44-60-32-20-13-21-33-60)109-80(105-76)64-40-28-17-29-41-64)104-75-57(7)98-79(103-72-71(69(99-58(8)87)56(6)96-77(72)88)102-82-74-68(52(2)55(5)97-82)106-84(9,10)107-74)54(4)85(75,11)108-78-53(3)67(91-45-61-34-22-14-23-35-61)70(92-46-62-36-24-15-25-37-62)65(100-78)48-89-43-59-30-18-12-19-31-59/h12-41,51-57,65-83,88H,42-50H2,1-11H3/t51-,52+,53-,54-,55?,56?,57?,65?,66?,67?,68+,69+,70-,71?,72-,73-,74?,75+,76?,77+,78+,79+,80+,81+,82+,83+,85?,86+/m1/s1. The van der Waals surface area contributed by atoms with Gasteiger partial charge in [0.2, 0.25) is 0 Å². The summed E-state index contributed by atoms with van der Waals surface area (Å²) in [4.78, 5) is 13.2. The predicted molar refractivity (Wildman–Crippen MR) is 394 cm³/mol. The Balaban J connectivity index is 0.817. The molecule has 6 aromatic rings. The van der Waals surface area contributed by atoms with Crippen LogP contribution >= 0.6 is 0 Å². The Bertz CT molecular complexity index is 3780. The third-order valence-electron chi connectivity index (χ3n) is 22.5. The second kappa shape index (κ2) is 35.6. The monoisotopic (exact) mass is 1510 g/mol. The summed E-state index contributed by atoms with van der Waals surface area (Å²) in [5.74, 6) is -3.43. The minimum Gasteiger partial charge on any atom is -0.457 e. The van der Waals surface area contributed by atoms with E-state index in [2.05, 4.69) is 0 Å². The van der Waals surface area contributed by atoms with Crippen molar-refractivity contribution in [3.05, 3.63) is 215 Å². The lowest BCUT2D eigenvalue weighted by Crippen LogP contribution is -2.69. The molecule has 0 saturated carbocycles. The van der Waals surface area contributed by atoms with Crippen molar-refractivity contribution < 1.29 is 109 Å². The number of carbonyl (C=O) groups excluding carboxylic acids is 1. The lowest BCUT2D eigenvalue weighted by atomic mass is 9.79. The molecule has 8 fully saturated rings. The molecule has 10 unspecified atom stereocenters. The predicted octanol–water partition coefficient (Wildman–Crippen LogP) is 12.0. The van der Waals surface area contributed by atoms with Gasteiger partial charge in [0.05, 0.1) is 96.1 Å². The second-order valence-corrected chi connectivity index (χ2v) is 31.1. The molecule has 8 aliphatic rings. The van der Waals surface area contributed by atoms with Gasteiger partial charge in [-0.15, -0.1) is 0 Å². The van der Waals surface area contributed by atoms with Crippen LogP contribution in [0.25, 0.3) is 0 Å². The number of hydrogen-bond donors (Lipinski definition) is 1. The largest absolute Gasteiger partial charge is 0.457 e. The fourth-order valence-corrected chi connectivity index (χ4v) is 16.3. The summed E-state index contributed by atoms with van der Waals surface area (Å²) in [7, 11) is 0. The van der Waals surface area contributed by atoms with Gasteiger partial charge >= 0.3 is 5.97 Å². The third kappa shape index (κ3) is 18.5. The van der Waals surface area contributed by atoms with Crippen LogP contribution in [-0.2, 0) is 137 Å². The molecule has 0 radical (unpaired) electrons. The number of esters is 1. The van der Waals surface area contributed by atoms with Gasteiger partial charge in [-0.25, -0.2) is 0 Å². The Kier molecular flexibility index (Phi) is 26.0. The van der Waals surface area contributed by atoms with E-state index in [1.807, 2.05) is 244 Å². The number of aliphatic hydroxyl groups excluding tert-OH is 1. The number of benzene rings is 6. The Morgan fingerprint density at radius 3 is 1.58 bits per heavy atom. The van der Waals surface area contributed by atoms with Gasteiger partial charge in [-0.1, -0.05) is 210 Å². The van der Waals surface area contributed by atoms with Crippen molar-refractivity contribution in [2.45, 2.75) is 262 Å². The second-order valence-electron chi connectivity index (χ2n) is 31.1. The molecule has 0 bridgehead atoms. The molecule has 14 rings (SSSR count). The van der Waals surface area contributed by atoms with Crippen LogP contribution in [0.3, 0.4) is 0 Å². The van der Waals surface area contributed by atoms with Crippen LogP contribution in [0.5, 0.6) is 0 Å². The Labute approximate surface area is 639 Å². The highest BCUT2D eigenvalue weighted by Crippen LogP contribution is 2.50. The van der Waals surface area contributed by atoms with Crippen molar-refractivity contribution >= 4 is 5.97 Å². The quantitative estimate of drug-likeness (QED) is 0.0430. The first-order valence-electron chi connectivity index (χ1n) is 38.6. The number of rotatable bonds is 29. The number of hydrogen-bond acceptors (Lipinski definition) is 23.